The molecule has 1 heterocycles. The molecule has 4 rings (SSSR count). The molecule has 1 N–H and O–H groups in total. The van der Waals surface area contributed by atoms with E-state index in [4.69, 9.17) is 9.72 Å². The Hall–Kier alpha value is -4.06. The van der Waals surface area contributed by atoms with Crippen molar-refractivity contribution in [3.05, 3.63) is 95.8 Å². The number of carbonyl (C=O) groups excluding carboxylic acids is 1. The van der Waals surface area contributed by atoms with Crippen LogP contribution in [0.2, 0.25) is 0 Å². The summed E-state index contributed by atoms with van der Waals surface area (Å²) < 4.78 is 19.3. The number of hydrogen-bond acceptors (Lipinski definition) is 4. The van der Waals surface area contributed by atoms with Gasteiger partial charge in [0.2, 0.25) is 0 Å². The molecular weight excluding hydrogens is 405 g/mol. The van der Waals surface area contributed by atoms with Gasteiger partial charge in [0.05, 0.1) is 29.1 Å². The molecule has 0 saturated carbocycles. The second kappa shape index (κ2) is 9.39. The summed E-state index contributed by atoms with van der Waals surface area (Å²) >= 11 is 0. The lowest BCUT2D eigenvalue weighted by molar-refractivity contribution is 0.0956. The van der Waals surface area contributed by atoms with E-state index in [1.807, 2.05) is 62.4 Å². The number of halogens is 1. The SMILES string of the molecule is CC(C)Oc1ccccc1-c1cc(C(=O)N/N=C/c2cccc(F)c2)c2ccccc2n1. The van der Waals surface area contributed by atoms with Gasteiger partial charge in [-0.25, -0.2) is 14.8 Å². The molecule has 160 valence electrons. The molecule has 0 unspecified atom stereocenters. The molecule has 3 aromatic carbocycles. The predicted octanol–water partition coefficient (Wildman–Crippen LogP) is 5.59. The van der Waals surface area contributed by atoms with Crippen LogP contribution in [0.4, 0.5) is 4.39 Å². The summed E-state index contributed by atoms with van der Waals surface area (Å²) in [7, 11) is 0. The number of benzene rings is 3. The minimum Gasteiger partial charge on any atom is -0.490 e. The number of aromatic nitrogens is 1. The van der Waals surface area contributed by atoms with Gasteiger partial charge in [0.25, 0.3) is 5.91 Å². The van der Waals surface area contributed by atoms with Crippen molar-refractivity contribution in [3.63, 3.8) is 0 Å². The highest BCUT2D eigenvalue weighted by atomic mass is 19.1. The smallest absolute Gasteiger partial charge is 0.272 e. The van der Waals surface area contributed by atoms with Crippen molar-refractivity contribution in [2.45, 2.75) is 20.0 Å². The lowest BCUT2D eigenvalue weighted by Crippen LogP contribution is -2.18. The normalized spacial score (nSPS) is 11.2. The van der Waals surface area contributed by atoms with Crippen LogP contribution in [0.15, 0.2) is 84.0 Å². The van der Waals surface area contributed by atoms with Crippen LogP contribution in [0.25, 0.3) is 22.2 Å². The fourth-order valence-electron chi connectivity index (χ4n) is 3.35. The molecule has 0 bridgehead atoms. The summed E-state index contributed by atoms with van der Waals surface area (Å²) in [6, 6.07) is 22.7. The Bertz CT molecular complexity index is 1300. The highest BCUT2D eigenvalue weighted by Gasteiger charge is 2.16. The number of amides is 1. The average Bonchev–Trinajstić information content (AvgIpc) is 2.78. The van der Waals surface area contributed by atoms with Gasteiger partial charge in [-0.3, -0.25) is 4.79 Å². The van der Waals surface area contributed by atoms with Crippen molar-refractivity contribution in [2.24, 2.45) is 5.10 Å². The van der Waals surface area contributed by atoms with Gasteiger partial charge < -0.3 is 4.74 Å². The second-order valence-electron chi connectivity index (χ2n) is 7.49. The van der Waals surface area contributed by atoms with Crippen LogP contribution in [-0.2, 0) is 0 Å². The van der Waals surface area contributed by atoms with Crippen LogP contribution in [0.1, 0.15) is 29.8 Å². The number of hydrazone groups is 1. The second-order valence-corrected chi connectivity index (χ2v) is 7.49. The fourth-order valence-corrected chi connectivity index (χ4v) is 3.35. The summed E-state index contributed by atoms with van der Waals surface area (Å²) in [6.07, 6.45) is 1.40. The van der Waals surface area contributed by atoms with Crippen LogP contribution in [0, 0.1) is 5.82 Å². The standard InChI is InChI=1S/C26H22FN3O2/c1-17(2)32-25-13-6-4-11-21(25)24-15-22(20-10-3-5-12-23(20)29-24)26(31)30-28-16-18-8-7-9-19(27)14-18/h3-17H,1-2H3,(H,30,31)/b28-16+. The maximum absolute atomic E-state index is 13.3. The molecule has 0 fully saturated rings. The summed E-state index contributed by atoms with van der Waals surface area (Å²) in [5, 5.41) is 4.69. The van der Waals surface area contributed by atoms with E-state index in [2.05, 4.69) is 10.5 Å². The maximum Gasteiger partial charge on any atom is 0.272 e. The Balaban J connectivity index is 1.71. The van der Waals surface area contributed by atoms with E-state index in [9.17, 15) is 9.18 Å². The molecule has 5 nitrogen and oxygen atoms in total. The molecule has 0 aliphatic rings. The minimum absolute atomic E-state index is 0.00321. The minimum atomic E-state index is -0.389. The first kappa shape index (κ1) is 21.2. The molecule has 0 aliphatic heterocycles. The zero-order chi connectivity index (χ0) is 22.5. The van der Waals surface area contributed by atoms with Crippen molar-refractivity contribution < 1.29 is 13.9 Å². The third-order valence-electron chi connectivity index (χ3n) is 4.71. The highest BCUT2D eigenvalue weighted by molar-refractivity contribution is 6.07. The van der Waals surface area contributed by atoms with E-state index in [-0.39, 0.29) is 17.8 Å². The number of nitrogens with one attached hydrogen (secondary N) is 1. The van der Waals surface area contributed by atoms with Gasteiger partial charge in [-0.15, -0.1) is 0 Å². The summed E-state index contributed by atoms with van der Waals surface area (Å²) in [5.74, 6) is -0.0622. The first-order valence-electron chi connectivity index (χ1n) is 10.3. The molecular formula is C26H22FN3O2. The molecule has 1 aromatic heterocycles. The molecule has 32 heavy (non-hydrogen) atoms. The van der Waals surface area contributed by atoms with E-state index in [0.29, 0.717) is 33.5 Å². The topological polar surface area (TPSA) is 63.6 Å². The third-order valence-corrected chi connectivity index (χ3v) is 4.71. The van der Waals surface area contributed by atoms with Gasteiger partial charge in [-0.1, -0.05) is 42.5 Å². The monoisotopic (exact) mass is 427 g/mol. The Labute approximate surface area is 185 Å². The Morgan fingerprint density at radius 2 is 1.81 bits per heavy atom. The van der Waals surface area contributed by atoms with Gasteiger partial charge in [0.1, 0.15) is 11.6 Å². The van der Waals surface area contributed by atoms with Crippen molar-refractivity contribution in [2.75, 3.05) is 0 Å². The predicted molar refractivity (Wildman–Crippen MR) is 124 cm³/mol. The van der Waals surface area contributed by atoms with E-state index < -0.39 is 0 Å². The number of nitrogens with zero attached hydrogens (tertiary/aromatic N) is 2. The first-order valence-corrected chi connectivity index (χ1v) is 10.3. The number of carbonyl (C=O) groups is 1. The molecule has 0 aliphatic carbocycles. The molecule has 4 aromatic rings. The molecule has 0 atom stereocenters. The van der Waals surface area contributed by atoms with Crippen molar-refractivity contribution in [1.29, 1.82) is 0 Å². The maximum atomic E-state index is 13.3. The Morgan fingerprint density at radius 1 is 1.03 bits per heavy atom. The highest BCUT2D eigenvalue weighted by Crippen LogP contribution is 2.32. The van der Waals surface area contributed by atoms with Crippen molar-refractivity contribution in [3.8, 4) is 17.0 Å². The molecule has 0 saturated heterocycles. The number of ether oxygens (including phenoxy) is 1. The lowest BCUT2D eigenvalue weighted by atomic mass is 10.0. The largest absolute Gasteiger partial charge is 0.490 e. The summed E-state index contributed by atoms with van der Waals surface area (Å²) in [5.41, 5.74) is 5.62. The van der Waals surface area contributed by atoms with Crippen molar-refractivity contribution in [1.82, 2.24) is 10.4 Å². The van der Waals surface area contributed by atoms with Gasteiger partial charge in [-0.05, 0) is 55.8 Å². The van der Waals surface area contributed by atoms with Gasteiger partial charge in [-0.2, -0.15) is 5.10 Å². The Morgan fingerprint density at radius 3 is 2.62 bits per heavy atom. The number of rotatable bonds is 6. The van der Waals surface area contributed by atoms with Crippen LogP contribution in [0.5, 0.6) is 5.75 Å². The lowest BCUT2D eigenvalue weighted by Gasteiger charge is -2.15. The summed E-state index contributed by atoms with van der Waals surface area (Å²) in [4.78, 5) is 17.8. The van der Waals surface area contributed by atoms with E-state index in [1.165, 1.54) is 18.3 Å². The number of para-hydroxylation sites is 2. The van der Waals surface area contributed by atoms with Gasteiger partial charge in [0, 0.05) is 10.9 Å². The zero-order valence-electron chi connectivity index (χ0n) is 17.7. The number of fused-ring (bicyclic) bond motifs is 1. The van der Waals surface area contributed by atoms with Crippen LogP contribution >= 0.6 is 0 Å². The molecule has 0 radical (unpaired) electrons. The molecule has 0 spiro atoms. The molecule has 6 heteroatoms. The summed E-state index contributed by atoms with van der Waals surface area (Å²) in [6.45, 7) is 3.92. The van der Waals surface area contributed by atoms with Crippen molar-refractivity contribution >= 4 is 23.0 Å². The first-order chi connectivity index (χ1) is 15.5. The van der Waals surface area contributed by atoms with E-state index >= 15 is 0 Å². The van der Waals surface area contributed by atoms with Gasteiger partial charge in [0.15, 0.2) is 0 Å². The molecule has 1 amide bonds. The quantitative estimate of drug-likeness (QED) is 0.322. The van der Waals surface area contributed by atoms with Gasteiger partial charge >= 0.3 is 0 Å². The number of hydrogen-bond donors (Lipinski definition) is 1. The van der Waals surface area contributed by atoms with Crippen LogP contribution < -0.4 is 10.2 Å². The number of pyridine rings is 1. The van der Waals surface area contributed by atoms with Crippen LogP contribution in [0.3, 0.4) is 0 Å². The zero-order valence-corrected chi connectivity index (χ0v) is 17.7. The third kappa shape index (κ3) is 4.81. The van der Waals surface area contributed by atoms with E-state index in [0.717, 1.165) is 5.56 Å². The van der Waals surface area contributed by atoms with E-state index in [1.54, 1.807) is 18.2 Å². The fraction of sp³-hybridized carbons (Fsp3) is 0.115. The average molecular weight is 427 g/mol. The Kier molecular flexibility index (Phi) is 6.22. The van der Waals surface area contributed by atoms with Crippen LogP contribution in [-0.4, -0.2) is 23.2 Å².